The van der Waals surface area contributed by atoms with Crippen molar-refractivity contribution in [3.05, 3.63) is 5.15 Å². The number of halogens is 1. The molecule has 7 nitrogen and oxygen atoms in total. The Hall–Kier alpha value is -0.800. The molecule has 0 bridgehead atoms. The SMILES string of the molecule is CC.CC(C)(O)O.CCCSc1nc(N)c(N)c(Cl)n1.OC1CCCC1. The number of rotatable bonds is 3. The van der Waals surface area contributed by atoms with E-state index in [9.17, 15) is 0 Å². The van der Waals surface area contributed by atoms with Gasteiger partial charge in [0.15, 0.2) is 21.9 Å². The van der Waals surface area contributed by atoms with Gasteiger partial charge in [0.1, 0.15) is 5.69 Å². The molecule has 0 saturated heterocycles. The zero-order valence-electron chi connectivity index (χ0n) is 16.5. The number of nitrogens with two attached hydrogens (primary N) is 2. The van der Waals surface area contributed by atoms with Crippen molar-refractivity contribution in [2.45, 2.75) is 83.8 Å². The van der Waals surface area contributed by atoms with Crippen molar-refractivity contribution in [1.29, 1.82) is 0 Å². The molecule has 0 aromatic carbocycles. The van der Waals surface area contributed by atoms with Gasteiger partial charge in [-0.1, -0.05) is 57.0 Å². The van der Waals surface area contributed by atoms with Gasteiger partial charge in [0.25, 0.3) is 0 Å². The lowest BCUT2D eigenvalue weighted by Crippen LogP contribution is -2.15. The first-order chi connectivity index (χ1) is 12.0. The van der Waals surface area contributed by atoms with Crippen LogP contribution in [-0.4, -0.2) is 42.9 Å². The standard InChI is InChI=1S/C7H11ClN4S.C5H10O.C3H8O2.C2H6/c1-2-3-13-7-11-5(8)4(9)6(10)12-7;6-5-3-1-2-4-5;1-3(2,4)5;1-2/h2-3,9H2,1H3,(H2,10,11,12);5-6H,1-4H2;4-5H,1-2H3;1-2H3. The van der Waals surface area contributed by atoms with E-state index >= 15 is 0 Å². The summed E-state index contributed by atoms with van der Waals surface area (Å²) in [6.45, 7) is 8.68. The van der Waals surface area contributed by atoms with E-state index in [1.807, 2.05) is 13.8 Å². The molecule has 1 saturated carbocycles. The predicted molar refractivity (Wildman–Crippen MR) is 111 cm³/mol. The molecule has 1 aromatic rings. The van der Waals surface area contributed by atoms with Gasteiger partial charge in [0, 0.05) is 5.75 Å². The lowest BCUT2D eigenvalue weighted by Gasteiger charge is -2.03. The van der Waals surface area contributed by atoms with Gasteiger partial charge < -0.3 is 26.8 Å². The van der Waals surface area contributed by atoms with Crippen molar-refractivity contribution >= 4 is 34.9 Å². The molecule has 1 aliphatic rings. The zero-order valence-corrected chi connectivity index (χ0v) is 18.1. The molecule has 0 amide bonds. The first-order valence-electron chi connectivity index (χ1n) is 8.88. The van der Waals surface area contributed by atoms with Crippen molar-refractivity contribution in [3.63, 3.8) is 0 Å². The largest absolute Gasteiger partial charge is 0.393 e. The maximum atomic E-state index is 8.73. The molecule has 9 heteroatoms. The van der Waals surface area contributed by atoms with Crippen molar-refractivity contribution in [2.75, 3.05) is 17.2 Å². The lowest BCUT2D eigenvalue weighted by atomic mass is 10.3. The van der Waals surface area contributed by atoms with Crippen LogP contribution in [0, 0.1) is 0 Å². The topological polar surface area (TPSA) is 139 Å². The second-order valence-electron chi connectivity index (χ2n) is 5.88. The quantitative estimate of drug-likeness (QED) is 0.221. The second kappa shape index (κ2) is 15.3. The Morgan fingerprint density at radius 1 is 1.15 bits per heavy atom. The van der Waals surface area contributed by atoms with Crippen molar-refractivity contribution in [1.82, 2.24) is 9.97 Å². The number of hydrogen-bond acceptors (Lipinski definition) is 8. The van der Waals surface area contributed by atoms with Gasteiger partial charge in [0.2, 0.25) is 0 Å². The van der Waals surface area contributed by atoms with Gasteiger partial charge in [0.05, 0.1) is 6.10 Å². The monoisotopic (exact) mass is 410 g/mol. The second-order valence-corrected chi connectivity index (χ2v) is 7.30. The van der Waals surface area contributed by atoms with E-state index < -0.39 is 5.79 Å². The Bertz CT molecular complexity index is 453. The number of aliphatic hydroxyl groups excluding tert-OH is 1. The average Bonchev–Trinajstić information content (AvgIpc) is 3.02. The van der Waals surface area contributed by atoms with Crippen LogP contribution >= 0.6 is 23.4 Å². The molecule has 0 atom stereocenters. The minimum atomic E-state index is -1.50. The number of aromatic nitrogens is 2. The van der Waals surface area contributed by atoms with Crippen LogP contribution in [0.1, 0.15) is 66.7 Å². The van der Waals surface area contributed by atoms with Crippen LogP contribution in [0.5, 0.6) is 0 Å². The molecule has 26 heavy (non-hydrogen) atoms. The Kier molecular flexibility index (Phi) is 16.1. The third-order valence-corrected chi connectivity index (χ3v) is 4.01. The van der Waals surface area contributed by atoms with E-state index in [0.29, 0.717) is 5.16 Å². The molecule has 1 aromatic heterocycles. The van der Waals surface area contributed by atoms with E-state index in [2.05, 4.69) is 16.9 Å². The lowest BCUT2D eigenvalue weighted by molar-refractivity contribution is -0.127. The maximum absolute atomic E-state index is 8.73. The summed E-state index contributed by atoms with van der Waals surface area (Å²) in [5, 5.41) is 25.7. The maximum Gasteiger partial charge on any atom is 0.191 e. The normalized spacial score (nSPS) is 13.6. The van der Waals surface area contributed by atoms with Gasteiger partial charge in [-0.05, 0) is 33.1 Å². The highest BCUT2D eigenvalue weighted by Gasteiger charge is 2.09. The third-order valence-electron chi connectivity index (χ3n) is 2.67. The molecule has 1 fully saturated rings. The van der Waals surface area contributed by atoms with Crippen LogP contribution in [0.25, 0.3) is 0 Å². The van der Waals surface area contributed by atoms with Crippen molar-refractivity contribution < 1.29 is 15.3 Å². The zero-order chi connectivity index (χ0) is 20.8. The number of nitrogens with zero attached hydrogens (tertiary/aromatic N) is 2. The summed E-state index contributed by atoms with van der Waals surface area (Å²) in [6, 6.07) is 0. The molecule has 1 heterocycles. The van der Waals surface area contributed by atoms with Crippen molar-refractivity contribution in [2.24, 2.45) is 0 Å². The summed E-state index contributed by atoms with van der Waals surface area (Å²) in [6.07, 6.45) is 5.66. The van der Waals surface area contributed by atoms with E-state index in [4.69, 9.17) is 38.4 Å². The number of hydrogen-bond donors (Lipinski definition) is 5. The van der Waals surface area contributed by atoms with E-state index in [0.717, 1.165) is 25.0 Å². The van der Waals surface area contributed by atoms with Crippen molar-refractivity contribution in [3.8, 4) is 0 Å². The highest BCUT2D eigenvalue weighted by molar-refractivity contribution is 7.99. The molecule has 0 unspecified atom stereocenters. The summed E-state index contributed by atoms with van der Waals surface area (Å²) in [4.78, 5) is 7.97. The highest BCUT2D eigenvalue weighted by atomic mass is 35.5. The summed E-state index contributed by atoms with van der Waals surface area (Å²) in [5.74, 6) is -0.307. The molecule has 7 N–H and O–H groups in total. The first-order valence-corrected chi connectivity index (χ1v) is 10.2. The molecule has 0 radical (unpaired) electrons. The van der Waals surface area contributed by atoms with Crippen LogP contribution in [-0.2, 0) is 0 Å². The van der Waals surface area contributed by atoms with Gasteiger partial charge >= 0.3 is 0 Å². The third kappa shape index (κ3) is 16.7. The van der Waals surface area contributed by atoms with E-state index in [1.54, 1.807) is 0 Å². The van der Waals surface area contributed by atoms with Crippen LogP contribution in [0.3, 0.4) is 0 Å². The van der Waals surface area contributed by atoms with E-state index in [1.165, 1.54) is 38.5 Å². The fourth-order valence-electron chi connectivity index (χ4n) is 1.60. The summed E-state index contributed by atoms with van der Waals surface area (Å²) >= 11 is 7.24. The van der Waals surface area contributed by atoms with Gasteiger partial charge in [-0.3, -0.25) is 0 Å². The Morgan fingerprint density at radius 2 is 1.62 bits per heavy atom. The molecule has 2 rings (SSSR count). The van der Waals surface area contributed by atoms with E-state index in [-0.39, 0.29) is 22.8 Å². The average molecular weight is 411 g/mol. The molecular formula is C17H35ClN4O3S. The summed E-state index contributed by atoms with van der Waals surface area (Å²) in [7, 11) is 0. The Balaban J connectivity index is 0. The molecule has 1 aliphatic carbocycles. The number of nitrogen functional groups attached to an aromatic ring is 2. The Labute approximate surface area is 166 Å². The smallest absolute Gasteiger partial charge is 0.191 e. The van der Waals surface area contributed by atoms with Crippen LogP contribution in [0.4, 0.5) is 11.5 Å². The fraction of sp³-hybridized carbons (Fsp3) is 0.765. The molecular weight excluding hydrogens is 376 g/mol. The Morgan fingerprint density at radius 3 is 1.92 bits per heavy atom. The number of aliphatic hydroxyl groups is 3. The van der Waals surface area contributed by atoms with Gasteiger partial charge in [-0.25, -0.2) is 9.97 Å². The highest BCUT2D eigenvalue weighted by Crippen LogP contribution is 2.25. The molecule has 0 aliphatic heterocycles. The first kappa shape index (κ1) is 27.4. The number of thioether (sulfide) groups is 1. The minimum Gasteiger partial charge on any atom is -0.393 e. The van der Waals surface area contributed by atoms with Crippen LogP contribution in [0.15, 0.2) is 5.16 Å². The summed E-state index contributed by atoms with van der Waals surface area (Å²) < 4.78 is 0. The minimum absolute atomic E-state index is 0.0463. The summed E-state index contributed by atoms with van der Waals surface area (Å²) in [5.41, 5.74) is 11.3. The predicted octanol–water partition coefficient (Wildman–Crippen LogP) is 3.45. The van der Waals surface area contributed by atoms with Gasteiger partial charge in [-0.15, -0.1) is 0 Å². The number of anilines is 2. The fourth-order valence-corrected chi connectivity index (χ4v) is 2.53. The van der Waals surface area contributed by atoms with Crippen LogP contribution < -0.4 is 11.5 Å². The van der Waals surface area contributed by atoms with Gasteiger partial charge in [-0.2, -0.15) is 0 Å². The molecule has 0 spiro atoms. The van der Waals surface area contributed by atoms with Crippen LogP contribution in [0.2, 0.25) is 5.15 Å². The molecule has 154 valence electrons.